The molecule has 4 aromatic rings. The molecule has 0 aliphatic carbocycles. The monoisotopic (exact) mass is 350 g/mol. The summed E-state index contributed by atoms with van der Waals surface area (Å²) in [7, 11) is 0. The number of hydrogen-bond acceptors (Lipinski definition) is 2. The van der Waals surface area contributed by atoms with Crippen LogP contribution in [0.3, 0.4) is 0 Å². The van der Waals surface area contributed by atoms with Crippen molar-refractivity contribution in [1.29, 1.82) is 0 Å². The van der Waals surface area contributed by atoms with Crippen LogP contribution in [0.15, 0.2) is 91.5 Å². The number of fused-ring (bicyclic) bond motifs is 2. The molecular formula is C25H18O2. The van der Waals surface area contributed by atoms with Crippen LogP contribution in [0.1, 0.15) is 11.1 Å². The first-order chi connectivity index (χ1) is 13.2. The number of esters is 1. The lowest BCUT2D eigenvalue weighted by atomic mass is 10.0. The van der Waals surface area contributed by atoms with Gasteiger partial charge in [0.05, 0.1) is 0 Å². The lowest BCUT2D eigenvalue weighted by Crippen LogP contribution is -2.02. The second kappa shape index (κ2) is 7.30. The molecule has 0 heterocycles. The Labute approximate surface area is 158 Å². The fourth-order valence-electron chi connectivity index (χ4n) is 3.07. The van der Waals surface area contributed by atoms with Crippen LogP contribution in [-0.2, 0) is 4.79 Å². The summed E-state index contributed by atoms with van der Waals surface area (Å²) in [6.45, 7) is 3.41. The highest BCUT2D eigenvalue weighted by molar-refractivity contribution is 5.90. The number of benzene rings is 4. The van der Waals surface area contributed by atoms with Crippen LogP contribution in [0.25, 0.3) is 33.7 Å². The number of hydrogen-bond donors (Lipinski definition) is 0. The maximum absolute atomic E-state index is 11.3. The molecule has 0 N–H and O–H groups in total. The van der Waals surface area contributed by atoms with Crippen LogP contribution in [0.4, 0.5) is 0 Å². The zero-order valence-electron chi connectivity index (χ0n) is 14.8. The molecule has 0 saturated heterocycles. The Bertz CT molecular complexity index is 1190. The number of rotatable bonds is 4. The van der Waals surface area contributed by atoms with Crippen LogP contribution < -0.4 is 4.74 Å². The summed E-state index contributed by atoms with van der Waals surface area (Å²) < 4.78 is 5.17. The molecule has 0 fully saturated rings. The van der Waals surface area contributed by atoms with Gasteiger partial charge in [0.1, 0.15) is 5.75 Å². The van der Waals surface area contributed by atoms with Crippen LogP contribution in [0.2, 0.25) is 0 Å². The Hall–Kier alpha value is -3.65. The van der Waals surface area contributed by atoms with E-state index in [0.717, 1.165) is 22.4 Å². The number of ether oxygens (including phenoxy) is 1. The quantitative estimate of drug-likeness (QED) is 0.188. The molecule has 0 aromatic heterocycles. The molecule has 4 rings (SSSR count). The molecule has 0 aliphatic rings. The third-order valence-corrected chi connectivity index (χ3v) is 4.46. The van der Waals surface area contributed by atoms with Gasteiger partial charge in [-0.2, -0.15) is 0 Å². The average molecular weight is 350 g/mol. The van der Waals surface area contributed by atoms with Crippen LogP contribution in [0, 0.1) is 0 Å². The summed E-state index contributed by atoms with van der Waals surface area (Å²) in [5, 5.41) is 4.59. The Balaban J connectivity index is 1.59. The van der Waals surface area contributed by atoms with Gasteiger partial charge in [-0.1, -0.05) is 73.3 Å². The lowest BCUT2D eigenvalue weighted by molar-refractivity contribution is -0.128. The van der Waals surface area contributed by atoms with E-state index in [2.05, 4.69) is 73.3 Å². The van der Waals surface area contributed by atoms with E-state index in [9.17, 15) is 4.79 Å². The molecule has 0 spiro atoms. The van der Waals surface area contributed by atoms with Gasteiger partial charge in [0, 0.05) is 6.08 Å². The molecule has 0 atom stereocenters. The highest BCUT2D eigenvalue weighted by Gasteiger charge is 2.02. The van der Waals surface area contributed by atoms with E-state index in [0.29, 0.717) is 5.75 Å². The van der Waals surface area contributed by atoms with E-state index in [1.807, 2.05) is 18.2 Å². The van der Waals surface area contributed by atoms with E-state index in [1.54, 1.807) is 6.07 Å². The van der Waals surface area contributed by atoms with Crippen molar-refractivity contribution >= 4 is 39.7 Å². The topological polar surface area (TPSA) is 26.3 Å². The van der Waals surface area contributed by atoms with Crippen molar-refractivity contribution < 1.29 is 9.53 Å². The molecule has 0 unspecified atom stereocenters. The van der Waals surface area contributed by atoms with E-state index >= 15 is 0 Å². The van der Waals surface area contributed by atoms with Gasteiger partial charge in [-0.3, -0.25) is 0 Å². The number of carbonyl (C=O) groups excluding carboxylic acids is 1. The van der Waals surface area contributed by atoms with Crippen molar-refractivity contribution in [3.8, 4) is 5.75 Å². The molecule has 27 heavy (non-hydrogen) atoms. The molecule has 0 bridgehead atoms. The largest absolute Gasteiger partial charge is 0.423 e. The Morgan fingerprint density at radius 2 is 1.26 bits per heavy atom. The van der Waals surface area contributed by atoms with Crippen LogP contribution in [0.5, 0.6) is 5.75 Å². The van der Waals surface area contributed by atoms with Gasteiger partial charge in [0.15, 0.2) is 0 Å². The van der Waals surface area contributed by atoms with Crippen molar-refractivity contribution in [3.63, 3.8) is 0 Å². The predicted molar refractivity (Wildman–Crippen MR) is 113 cm³/mol. The first kappa shape index (κ1) is 16.8. The summed E-state index contributed by atoms with van der Waals surface area (Å²) in [4.78, 5) is 11.3. The fraction of sp³-hybridized carbons (Fsp3) is 0. The standard InChI is InChI=1S/C25H18O2/c1-2-25(26)27-24-14-13-22-16-19(10-12-23(22)17-24)8-7-18-9-11-20-5-3-4-6-21(20)15-18/h2-17H,1H2/b8-7+. The summed E-state index contributed by atoms with van der Waals surface area (Å²) >= 11 is 0. The maximum atomic E-state index is 11.3. The molecule has 0 saturated carbocycles. The van der Waals surface area contributed by atoms with E-state index in [4.69, 9.17) is 4.74 Å². The van der Waals surface area contributed by atoms with Gasteiger partial charge in [-0.25, -0.2) is 4.79 Å². The third kappa shape index (κ3) is 3.80. The lowest BCUT2D eigenvalue weighted by Gasteiger charge is -2.04. The maximum Gasteiger partial charge on any atom is 0.335 e. The molecule has 0 radical (unpaired) electrons. The Kier molecular flexibility index (Phi) is 4.54. The summed E-state index contributed by atoms with van der Waals surface area (Å²) in [6.07, 6.45) is 5.38. The first-order valence-corrected chi connectivity index (χ1v) is 8.76. The zero-order chi connectivity index (χ0) is 18.6. The van der Waals surface area contributed by atoms with Crippen molar-refractivity contribution in [2.75, 3.05) is 0 Å². The summed E-state index contributed by atoms with van der Waals surface area (Å²) in [5.41, 5.74) is 2.28. The van der Waals surface area contributed by atoms with Crippen molar-refractivity contribution in [1.82, 2.24) is 0 Å². The normalized spacial score (nSPS) is 11.1. The highest BCUT2D eigenvalue weighted by atomic mass is 16.5. The van der Waals surface area contributed by atoms with Gasteiger partial charge in [0.2, 0.25) is 0 Å². The summed E-state index contributed by atoms with van der Waals surface area (Å²) in [6, 6.07) is 26.6. The van der Waals surface area contributed by atoms with E-state index in [1.165, 1.54) is 16.3 Å². The molecule has 0 aliphatic heterocycles. The summed E-state index contributed by atoms with van der Waals surface area (Å²) in [5.74, 6) is 0.0659. The second-order valence-electron chi connectivity index (χ2n) is 6.33. The molecule has 4 aromatic carbocycles. The SMILES string of the molecule is C=CC(=O)Oc1ccc2cc(/C=C/c3ccc4ccccc4c3)ccc2c1. The fourth-order valence-corrected chi connectivity index (χ4v) is 3.07. The first-order valence-electron chi connectivity index (χ1n) is 8.76. The van der Waals surface area contributed by atoms with Crippen LogP contribution >= 0.6 is 0 Å². The molecule has 0 amide bonds. The van der Waals surface area contributed by atoms with Crippen LogP contribution in [-0.4, -0.2) is 5.97 Å². The third-order valence-electron chi connectivity index (χ3n) is 4.46. The average Bonchev–Trinajstić information content (AvgIpc) is 2.72. The molecule has 2 nitrogen and oxygen atoms in total. The van der Waals surface area contributed by atoms with Crippen molar-refractivity contribution in [3.05, 3.63) is 103 Å². The Morgan fingerprint density at radius 3 is 1.96 bits per heavy atom. The minimum atomic E-state index is -0.454. The number of carbonyl (C=O) groups is 1. The van der Waals surface area contributed by atoms with E-state index in [-0.39, 0.29) is 0 Å². The Morgan fingerprint density at radius 1 is 0.704 bits per heavy atom. The highest BCUT2D eigenvalue weighted by Crippen LogP contribution is 2.23. The molecule has 130 valence electrons. The minimum absolute atomic E-state index is 0.454. The second-order valence-corrected chi connectivity index (χ2v) is 6.33. The van der Waals surface area contributed by atoms with Crippen molar-refractivity contribution in [2.45, 2.75) is 0 Å². The van der Waals surface area contributed by atoms with Crippen molar-refractivity contribution in [2.24, 2.45) is 0 Å². The molecule has 2 heteroatoms. The van der Waals surface area contributed by atoms with Gasteiger partial charge in [-0.05, 0) is 56.9 Å². The zero-order valence-corrected chi connectivity index (χ0v) is 14.8. The molecular weight excluding hydrogens is 332 g/mol. The minimum Gasteiger partial charge on any atom is -0.423 e. The van der Waals surface area contributed by atoms with E-state index < -0.39 is 5.97 Å². The van der Waals surface area contributed by atoms with Gasteiger partial charge >= 0.3 is 5.97 Å². The van der Waals surface area contributed by atoms with Gasteiger partial charge < -0.3 is 4.74 Å². The van der Waals surface area contributed by atoms with Gasteiger partial charge in [-0.15, -0.1) is 0 Å². The predicted octanol–water partition coefficient (Wildman–Crippen LogP) is 6.25. The van der Waals surface area contributed by atoms with Gasteiger partial charge in [0.25, 0.3) is 0 Å². The smallest absolute Gasteiger partial charge is 0.335 e.